The normalized spacial score (nSPS) is 14.8. The molecule has 1 saturated heterocycles. The number of piperidine rings is 1. The number of likely N-dealkylation sites (tertiary alicyclic amines) is 1. The van der Waals surface area contributed by atoms with Gasteiger partial charge in [-0.25, -0.2) is 8.42 Å². The number of ether oxygens (including phenoxy) is 1. The van der Waals surface area contributed by atoms with Crippen LogP contribution in [0.25, 0.3) is 11.0 Å². The van der Waals surface area contributed by atoms with Crippen molar-refractivity contribution in [1.82, 2.24) is 24.8 Å². The van der Waals surface area contributed by atoms with Crippen LogP contribution in [-0.4, -0.2) is 85.3 Å². The topological polar surface area (TPSA) is 128 Å². The number of H-pyrrole nitrogens is 1. The molecule has 12 heteroatoms. The molecule has 0 radical (unpaired) electrons. The average Bonchev–Trinajstić information content (AvgIpc) is 3.43. The Hall–Kier alpha value is -3.87. The molecule has 224 valence electrons. The third-order valence-corrected chi connectivity index (χ3v) is 8.04. The Kier molecular flexibility index (Phi) is 9.45. The van der Waals surface area contributed by atoms with Crippen LogP contribution in [0.3, 0.4) is 0 Å². The summed E-state index contributed by atoms with van der Waals surface area (Å²) >= 11 is 0. The summed E-state index contributed by atoms with van der Waals surface area (Å²) in [4.78, 5) is 17.5. The smallest absolute Gasteiger partial charge is 0.231 e. The molecular weight excluding hydrogens is 552 g/mol. The van der Waals surface area contributed by atoms with Gasteiger partial charge in [-0.1, -0.05) is 25.1 Å². The Bertz CT molecular complexity index is 1580. The maximum atomic E-state index is 11.9. The largest absolute Gasteiger partial charge is 0.493 e. The molecule has 1 fully saturated rings. The predicted molar refractivity (Wildman–Crippen MR) is 170 cm³/mol. The highest BCUT2D eigenvalue weighted by molar-refractivity contribution is 7.92. The summed E-state index contributed by atoms with van der Waals surface area (Å²) in [6, 6.07) is 17.4. The van der Waals surface area contributed by atoms with E-state index >= 15 is 0 Å². The number of aromatic amines is 1. The molecule has 0 bridgehead atoms. The summed E-state index contributed by atoms with van der Waals surface area (Å²) < 4.78 is 32.4. The molecule has 4 N–H and O–H groups in total. The van der Waals surface area contributed by atoms with Crippen LogP contribution in [0.2, 0.25) is 0 Å². The van der Waals surface area contributed by atoms with E-state index in [1.54, 1.807) is 24.4 Å². The number of anilines is 5. The van der Waals surface area contributed by atoms with Crippen LogP contribution in [0.5, 0.6) is 5.75 Å². The number of rotatable bonds is 13. The second-order valence-corrected chi connectivity index (χ2v) is 12.4. The Balaban J connectivity index is 1.23. The number of benzene rings is 2. The molecule has 3 heterocycles. The Morgan fingerprint density at radius 3 is 2.60 bits per heavy atom. The summed E-state index contributed by atoms with van der Waals surface area (Å²) in [5, 5.41) is 7.32. The van der Waals surface area contributed by atoms with Gasteiger partial charge in [-0.05, 0) is 76.3 Å². The molecule has 0 amide bonds. The lowest BCUT2D eigenvalue weighted by Gasteiger charge is -2.36. The third-order valence-electron chi connectivity index (χ3n) is 7.45. The van der Waals surface area contributed by atoms with Gasteiger partial charge in [-0.15, -0.1) is 0 Å². The van der Waals surface area contributed by atoms with E-state index in [9.17, 15) is 8.42 Å². The molecule has 0 unspecified atom stereocenters. The molecule has 0 spiro atoms. The standard InChI is InChI=1S/C30H40N8O3S/c1-4-38(23-14-18-37(2)19-15-23)17-8-20-41-24-10-7-9-22(21-24)32-30-34-28-25(13-16-31-28)29(35-30)33-26-11-5-6-12-27(26)36-42(3,39)40/h5-7,9-13,16,21,23,36H,4,8,14-15,17-20H2,1-3H3,(H3,31,32,33,34,35). The van der Waals surface area contributed by atoms with E-state index in [0.717, 1.165) is 42.6 Å². The van der Waals surface area contributed by atoms with Crippen LogP contribution in [0.15, 0.2) is 60.8 Å². The van der Waals surface area contributed by atoms with Crippen molar-refractivity contribution in [3.63, 3.8) is 0 Å². The number of fused-ring (bicyclic) bond motifs is 1. The first kappa shape index (κ1) is 29.6. The summed E-state index contributed by atoms with van der Waals surface area (Å²) in [7, 11) is -1.26. The van der Waals surface area contributed by atoms with Crippen molar-refractivity contribution in [1.29, 1.82) is 0 Å². The maximum Gasteiger partial charge on any atom is 0.231 e. The highest BCUT2D eigenvalue weighted by atomic mass is 32.2. The Morgan fingerprint density at radius 1 is 1.05 bits per heavy atom. The lowest BCUT2D eigenvalue weighted by Crippen LogP contribution is -2.44. The van der Waals surface area contributed by atoms with Gasteiger partial charge in [0.15, 0.2) is 0 Å². The average molecular weight is 593 g/mol. The molecule has 4 aromatic rings. The Labute approximate surface area is 247 Å². The van der Waals surface area contributed by atoms with Crippen molar-refractivity contribution in [2.45, 2.75) is 32.2 Å². The van der Waals surface area contributed by atoms with Gasteiger partial charge < -0.3 is 30.2 Å². The van der Waals surface area contributed by atoms with Crippen molar-refractivity contribution in [2.75, 3.05) is 61.4 Å². The van der Waals surface area contributed by atoms with E-state index in [-0.39, 0.29) is 0 Å². The van der Waals surface area contributed by atoms with Gasteiger partial charge in [0.2, 0.25) is 16.0 Å². The summed E-state index contributed by atoms with van der Waals surface area (Å²) in [5.74, 6) is 1.70. The molecule has 1 aliphatic rings. The van der Waals surface area contributed by atoms with Crippen LogP contribution in [0.1, 0.15) is 26.2 Å². The van der Waals surface area contributed by atoms with Gasteiger partial charge in [-0.3, -0.25) is 4.72 Å². The number of nitrogens with zero attached hydrogens (tertiary/aromatic N) is 4. The molecule has 2 aromatic carbocycles. The van der Waals surface area contributed by atoms with E-state index in [0.29, 0.717) is 41.4 Å². The Morgan fingerprint density at radius 2 is 1.83 bits per heavy atom. The fourth-order valence-corrected chi connectivity index (χ4v) is 5.89. The molecule has 0 atom stereocenters. The van der Waals surface area contributed by atoms with Gasteiger partial charge in [0.25, 0.3) is 0 Å². The number of hydrogen-bond acceptors (Lipinski definition) is 9. The zero-order valence-electron chi connectivity index (χ0n) is 24.4. The first-order chi connectivity index (χ1) is 20.3. The van der Waals surface area contributed by atoms with Crippen molar-refractivity contribution in [3.8, 4) is 5.75 Å². The zero-order valence-corrected chi connectivity index (χ0v) is 25.2. The number of nitrogens with one attached hydrogen (secondary N) is 4. The number of aromatic nitrogens is 3. The second-order valence-electron chi connectivity index (χ2n) is 10.7. The first-order valence-electron chi connectivity index (χ1n) is 14.4. The number of para-hydroxylation sites is 2. The van der Waals surface area contributed by atoms with Crippen molar-refractivity contribution >= 4 is 49.9 Å². The minimum Gasteiger partial charge on any atom is -0.493 e. The highest BCUT2D eigenvalue weighted by Crippen LogP contribution is 2.30. The minimum absolute atomic E-state index is 0.384. The molecule has 0 saturated carbocycles. The zero-order chi connectivity index (χ0) is 29.5. The van der Waals surface area contributed by atoms with Gasteiger partial charge in [-0.2, -0.15) is 9.97 Å². The first-order valence-corrected chi connectivity index (χ1v) is 16.3. The van der Waals surface area contributed by atoms with Crippen LogP contribution >= 0.6 is 0 Å². The van der Waals surface area contributed by atoms with Crippen LogP contribution in [0, 0.1) is 0 Å². The second kappa shape index (κ2) is 13.4. The monoisotopic (exact) mass is 592 g/mol. The number of hydrogen-bond donors (Lipinski definition) is 4. The van der Waals surface area contributed by atoms with E-state index in [1.807, 2.05) is 36.4 Å². The van der Waals surface area contributed by atoms with Gasteiger partial charge in [0, 0.05) is 30.5 Å². The van der Waals surface area contributed by atoms with Crippen molar-refractivity contribution in [2.24, 2.45) is 0 Å². The van der Waals surface area contributed by atoms with Crippen LogP contribution < -0.4 is 20.1 Å². The fourth-order valence-electron chi connectivity index (χ4n) is 5.31. The predicted octanol–water partition coefficient (Wildman–Crippen LogP) is 5.00. The van der Waals surface area contributed by atoms with E-state index < -0.39 is 10.0 Å². The molecule has 1 aliphatic heterocycles. The van der Waals surface area contributed by atoms with E-state index in [2.05, 4.69) is 49.1 Å². The molecule has 5 rings (SSSR count). The molecular formula is C30H40N8O3S. The molecule has 0 aliphatic carbocycles. The SMILES string of the molecule is CCN(CCCOc1cccc(Nc2nc(Nc3ccccc3NS(C)(=O)=O)c3cc[nH]c3n2)c1)C1CCN(C)CC1. The maximum absolute atomic E-state index is 11.9. The summed E-state index contributed by atoms with van der Waals surface area (Å²) in [6.45, 7) is 7.33. The molecule has 42 heavy (non-hydrogen) atoms. The van der Waals surface area contributed by atoms with Gasteiger partial charge >= 0.3 is 0 Å². The highest BCUT2D eigenvalue weighted by Gasteiger charge is 2.21. The third kappa shape index (κ3) is 7.90. The van der Waals surface area contributed by atoms with Crippen molar-refractivity contribution < 1.29 is 13.2 Å². The molecule has 2 aromatic heterocycles. The number of sulfonamides is 1. The van der Waals surface area contributed by atoms with E-state index in [4.69, 9.17) is 9.72 Å². The lowest BCUT2D eigenvalue weighted by atomic mass is 10.0. The molecule has 11 nitrogen and oxygen atoms in total. The van der Waals surface area contributed by atoms with Crippen LogP contribution in [-0.2, 0) is 10.0 Å². The quantitative estimate of drug-likeness (QED) is 0.159. The minimum atomic E-state index is -3.46. The van der Waals surface area contributed by atoms with Crippen molar-refractivity contribution in [3.05, 3.63) is 60.8 Å². The lowest BCUT2D eigenvalue weighted by molar-refractivity contribution is 0.119. The summed E-state index contributed by atoms with van der Waals surface area (Å²) in [6.07, 6.45) is 6.34. The summed E-state index contributed by atoms with van der Waals surface area (Å²) in [5.41, 5.74) is 2.43. The van der Waals surface area contributed by atoms with Gasteiger partial charge in [0.05, 0.1) is 29.6 Å². The van der Waals surface area contributed by atoms with Gasteiger partial charge in [0.1, 0.15) is 17.2 Å². The van der Waals surface area contributed by atoms with E-state index in [1.165, 1.54) is 25.9 Å². The fraction of sp³-hybridized carbons (Fsp3) is 0.400. The van der Waals surface area contributed by atoms with Crippen LogP contribution in [0.4, 0.5) is 28.8 Å².